The van der Waals surface area contributed by atoms with E-state index in [9.17, 15) is 9.59 Å². The lowest BCUT2D eigenvalue weighted by Crippen LogP contribution is -2.20. The van der Waals surface area contributed by atoms with Crippen molar-refractivity contribution in [3.63, 3.8) is 0 Å². The number of aldehydes is 1. The number of carbonyl (C=O) groups is 2. The second kappa shape index (κ2) is 7.05. The minimum atomic E-state index is -0.422. The van der Waals surface area contributed by atoms with Crippen molar-refractivity contribution in [2.24, 2.45) is 0 Å². The minimum Gasteiger partial charge on any atom is -0.359 e. The van der Waals surface area contributed by atoms with Gasteiger partial charge in [-0.05, 0) is 30.0 Å². The zero-order valence-corrected chi connectivity index (χ0v) is 14.8. The number of aromatic nitrogens is 2. The van der Waals surface area contributed by atoms with Crippen LogP contribution in [-0.2, 0) is 9.59 Å². The number of pyridine rings is 1. The molecule has 25 heavy (non-hydrogen) atoms. The fourth-order valence-corrected chi connectivity index (χ4v) is 3.41. The van der Waals surface area contributed by atoms with Crippen LogP contribution in [0.3, 0.4) is 0 Å². The summed E-state index contributed by atoms with van der Waals surface area (Å²) in [5.74, 6) is 0.286. The first-order valence-electron chi connectivity index (χ1n) is 8.61. The molecule has 3 rings (SSSR count). The molecule has 3 aromatic rings. The first kappa shape index (κ1) is 17.1. The summed E-state index contributed by atoms with van der Waals surface area (Å²) in [5, 5.41) is 4.80. The second-order valence-corrected chi connectivity index (χ2v) is 6.56. The molecule has 0 aliphatic heterocycles. The second-order valence-electron chi connectivity index (χ2n) is 6.56. The smallest absolute Gasteiger partial charge is 0.219 e. The molecule has 2 heterocycles. The Labute approximate surface area is 147 Å². The van der Waals surface area contributed by atoms with Gasteiger partial charge in [0.2, 0.25) is 5.91 Å². The third kappa shape index (κ3) is 3.02. The lowest BCUT2D eigenvalue weighted by atomic mass is 9.99. The zero-order valence-electron chi connectivity index (χ0n) is 14.8. The number of hydrogen-bond donors (Lipinski definition) is 1. The van der Waals surface area contributed by atoms with Gasteiger partial charge in [-0.15, -0.1) is 0 Å². The number of amides is 1. The molecule has 1 amide bonds. The molecule has 0 bridgehead atoms. The van der Waals surface area contributed by atoms with Gasteiger partial charge in [0.05, 0.1) is 11.6 Å². The normalized spacial score (nSPS) is 12.6. The lowest BCUT2D eigenvalue weighted by molar-refractivity contribution is -0.121. The van der Waals surface area contributed by atoms with Gasteiger partial charge in [0, 0.05) is 30.4 Å². The van der Waals surface area contributed by atoms with E-state index in [1.165, 1.54) is 5.56 Å². The molecule has 2 aromatic heterocycles. The standard InChI is InChI=1S/C20H23N3O2/c1-13(2)15-10-11-22-20-19(15)16-6-4-5-7-17(16)23(20)14(12-24)8-9-18(25)21-3/h4-7,10-14H,8-9H2,1-3H3,(H,21,25). The van der Waals surface area contributed by atoms with Crippen LogP contribution in [-0.4, -0.2) is 28.8 Å². The average molecular weight is 337 g/mol. The van der Waals surface area contributed by atoms with E-state index < -0.39 is 6.04 Å². The number of fused-ring (bicyclic) bond motifs is 3. The fraction of sp³-hybridized carbons (Fsp3) is 0.350. The highest BCUT2D eigenvalue weighted by Crippen LogP contribution is 2.35. The largest absolute Gasteiger partial charge is 0.359 e. The van der Waals surface area contributed by atoms with Crippen LogP contribution in [0, 0.1) is 0 Å². The van der Waals surface area contributed by atoms with Crippen molar-refractivity contribution in [1.82, 2.24) is 14.9 Å². The van der Waals surface area contributed by atoms with Crippen molar-refractivity contribution >= 4 is 34.1 Å². The Balaban J connectivity index is 2.24. The molecule has 0 saturated carbocycles. The van der Waals surface area contributed by atoms with Crippen LogP contribution in [0.25, 0.3) is 21.9 Å². The first-order chi connectivity index (χ1) is 12.1. The summed E-state index contributed by atoms with van der Waals surface area (Å²) < 4.78 is 1.98. The number of hydrogen-bond acceptors (Lipinski definition) is 3. The van der Waals surface area contributed by atoms with Gasteiger partial charge in [0.25, 0.3) is 0 Å². The molecular weight excluding hydrogens is 314 g/mol. The van der Waals surface area contributed by atoms with Gasteiger partial charge in [-0.3, -0.25) is 4.79 Å². The summed E-state index contributed by atoms with van der Waals surface area (Å²) in [4.78, 5) is 28.0. The van der Waals surface area contributed by atoms with Gasteiger partial charge in [-0.25, -0.2) is 4.98 Å². The number of nitrogens with zero attached hydrogens (tertiary/aromatic N) is 2. The van der Waals surface area contributed by atoms with E-state index in [1.807, 2.05) is 28.8 Å². The van der Waals surface area contributed by atoms with E-state index in [-0.39, 0.29) is 5.91 Å². The van der Waals surface area contributed by atoms with Crippen molar-refractivity contribution < 1.29 is 9.59 Å². The number of nitrogens with one attached hydrogen (secondary N) is 1. The SMILES string of the molecule is CNC(=O)CCC(C=O)n1c2ccccc2c2c(C(C)C)ccnc21. The molecule has 0 fully saturated rings. The third-order valence-corrected chi connectivity index (χ3v) is 4.68. The van der Waals surface area contributed by atoms with E-state index in [0.717, 1.165) is 28.2 Å². The van der Waals surface area contributed by atoms with Crippen LogP contribution in [0.2, 0.25) is 0 Å². The first-order valence-corrected chi connectivity index (χ1v) is 8.61. The Morgan fingerprint density at radius 3 is 2.72 bits per heavy atom. The minimum absolute atomic E-state index is 0.0663. The summed E-state index contributed by atoms with van der Waals surface area (Å²) in [5.41, 5.74) is 3.00. The molecule has 0 aliphatic rings. The Hall–Kier alpha value is -2.69. The van der Waals surface area contributed by atoms with Crippen molar-refractivity contribution in [2.45, 2.75) is 38.6 Å². The zero-order chi connectivity index (χ0) is 18.0. The molecule has 1 atom stereocenters. The lowest BCUT2D eigenvalue weighted by Gasteiger charge is -2.15. The Kier molecular flexibility index (Phi) is 4.83. The molecule has 1 unspecified atom stereocenters. The van der Waals surface area contributed by atoms with Crippen molar-refractivity contribution in [2.75, 3.05) is 7.05 Å². The summed E-state index contributed by atoms with van der Waals surface area (Å²) in [6.45, 7) is 4.31. The molecular formula is C20H23N3O2. The summed E-state index contributed by atoms with van der Waals surface area (Å²) in [6, 6.07) is 9.68. The van der Waals surface area contributed by atoms with Crippen LogP contribution >= 0.6 is 0 Å². The average Bonchev–Trinajstić information content (AvgIpc) is 2.97. The van der Waals surface area contributed by atoms with Gasteiger partial charge in [0.15, 0.2) is 0 Å². The van der Waals surface area contributed by atoms with Gasteiger partial charge in [0.1, 0.15) is 11.9 Å². The molecule has 0 aliphatic carbocycles. The molecule has 5 nitrogen and oxygen atoms in total. The van der Waals surface area contributed by atoms with Gasteiger partial charge < -0.3 is 14.7 Å². The van der Waals surface area contributed by atoms with Crippen molar-refractivity contribution in [3.8, 4) is 0 Å². The monoisotopic (exact) mass is 337 g/mol. The summed E-state index contributed by atoms with van der Waals surface area (Å²) >= 11 is 0. The number of rotatable bonds is 6. The van der Waals surface area contributed by atoms with Gasteiger partial charge in [-0.2, -0.15) is 0 Å². The number of carbonyl (C=O) groups excluding carboxylic acids is 2. The molecule has 0 saturated heterocycles. The maximum atomic E-state index is 11.8. The molecule has 0 spiro atoms. The predicted molar refractivity (Wildman–Crippen MR) is 99.7 cm³/mol. The quantitative estimate of drug-likeness (QED) is 0.699. The van der Waals surface area contributed by atoms with Crippen LogP contribution in [0.1, 0.15) is 44.2 Å². The molecule has 130 valence electrons. The highest BCUT2D eigenvalue weighted by molar-refractivity contribution is 6.09. The Morgan fingerprint density at radius 1 is 1.28 bits per heavy atom. The van der Waals surface area contributed by atoms with E-state index >= 15 is 0 Å². The van der Waals surface area contributed by atoms with Crippen molar-refractivity contribution in [3.05, 3.63) is 42.1 Å². The maximum Gasteiger partial charge on any atom is 0.219 e. The summed E-state index contributed by atoms with van der Waals surface area (Å²) in [7, 11) is 1.61. The third-order valence-electron chi connectivity index (χ3n) is 4.68. The molecule has 5 heteroatoms. The summed E-state index contributed by atoms with van der Waals surface area (Å²) in [6.07, 6.45) is 3.47. The highest BCUT2D eigenvalue weighted by atomic mass is 16.1. The topological polar surface area (TPSA) is 64.0 Å². The highest BCUT2D eigenvalue weighted by Gasteiger charge is 2.21. The molecule has 1 N–H and O–H groups in total. The Morgan fingerprint density at radius 2 is 2.04 bits per heavy atom. The number of benzene rings is 1. The number of para-hydroxylation sites is 1. The van der Waals surface area contributed by atoms with E-state index in [2.05, 4.69) is 30.2 Å². The van der Waals surface area contributed by atoms with Gasteiger partial charge >= 0.3 is 0 Å². The van der Waals surface area contributed by atoms with Crippen molar-refractivity contribution in [1.29, 1.82) is 0 Å². The van der Waals surface area contributed by atoms with Crippen LogP contribution in [0.15, 0.2) is 36.5 Å². The van der Waals surface area contributed by atoms with E-state index in [4.69, 9.17) is 0 Å². The van der Waals surface area contributed by atoms with Crippen LogP contribution in [0.4, 0.5) is 0 Å². The molecule has 1 aromatic carbocycles. The van der Waals surface area contributed by atoms with Gasteiger partial charge in [-0.1, -0.05) is 32.0 Å². The van der Waals surface area contributed by atoms with Crippen LogP contribution < -0.4 is 5.32 Å². The maximum absolute atomic E-state index is 11.8. The Bertz CT molecular complexity index is 927. The van der Waals surface area contributed by atoms with E-state index in [0.29, 0.717) is 18.8 Å². The predicted octanol–water partition coefficient (Wildman–Crippen LogP) is 3.58. The van der Waals surface area contributed by atoms with E-state index in [1.54, 1.807) is 13.2 Å². The fourth-order valence-electron chi connectivity index (χ4n) is 3.41. The molecule has 0 radical (unpaired) electrons. The van der Waals surface area contributed by atoms with Crippen LogP contribution in [0.5, 0.6) is 0 Å².